The summed E-state index contributed by atoms with van der Waals surface area (Å²) in [6, 6.07) is 8.27. The normalized spacial score (nSPS) is 11.0. The molecule has 1 aromatic heterocycles. The van der Waals surface area contributed by atoms with Crippen LogP contribution in [0.4, 0.5) is 0 Å². The summed E-state index contributed by atoms with van der Waals surface area (Å²) in [7, 11) is 1.69. The van der Waals surface area contributed by atoms with Crippen molar-refractivity contribution in [3.63, 3.8) is 0 Å². The monoisotopic (exact) mass is 304 g/mol. The van der Waals surface area contributed by atoms with E-state index in [1.54, 1.807) is 18.4 Å². The fourth-order valence-electron chi connectivity index (χ4n) is 2.05. The van der Waals surface area contributed by atoms with E-state index in [1.807, 2.05) is 12.1 Å². The highest BCUT2D eigenvalue weighted by atomic mass is 32.1. The van der Waals surface area contributed by atoms with Gasteiger partial charge in [-0.25, -0.2) is 4.98 Å². The van der Waals surface area contributed by atoms with E-state index in [1.165, 1.54) is 16.3 Å². The van der Waals surface area contributed by atoms with Crippen LogP contribution in [0, 0.1) is 0 Å². The van der Waals surface area contributed by atoms with Crippen molar-refractivity contribution in [1.82, 2.24) is 10.3 Å². The van der Waals surface area contributed by atoms with Crippen LogP contribution in [0.2, 0.25) is 0 Å². The van der Waals surface area contributed by atoms with Gasteiger partial charge in [0, 0.05) is 18.3 Å². The first-order chi connectivity index (χ1) is 10.2. The van der Waals surface area contributed by atoms with Crippen LogP contribution in [0.15, 0.2) is 29.6 Å². The molecule has 2 rings (SSSR count). The van der Waals surface area contributed by atoms with Gasteiger partial charge in [-0.05, 0) is 36.6 Å². The second-order valence-electron chi connectivity index (χ2n) is 5.42. The van der Waals surface area contributed by atoms with Crippen molar-refractivity contribution in [3.8, 4) is 5.75 Å². The van der Waals surface area contributed by atoms with E-state index in [9.17, 15) is 0 Å². The maximum atomic E-state index is 5.16. The fraction of sp³-hybridized carbons (Fsp3) is 0.471. The van der Waals surface area contributed by atoms with E-state index in [-0.39, 0.29) is 0 Å². The molecule has 21 heavy (non-hydrogen) atoms. The average molecular weight is 304 g/mol. The number of thiazole rings is 1. The van der Waals surface area contributed by atoms with Gasteiger partial charge in [0.05, 0.1) is 17.8 Å². The Morgan fingerprint density at radius 2 is 1.86 bits per heavy atom. The molecule has 0 atom stereocenters. The molecule has 0 aliphatic carbocycles. The lowest BCUT2D eigenvalue weighted by atomic mass is 10.1. The lowest BCUT2D eigenvalue weighted by Gasteiger charge is -2.05. The Kier molecular flexibility index (Phi) is 6.21. The van der Waals surface area contributed by atoms with Gasteiger partial charge in [-0.2, -0.15) is 0 Å². The predicted octanol–water partition coefficient (Wildman–Crippen LogP) is 3.65. The van der Waals surface area contributed by atoms with E-state index in [4.69, 9.17) is 4.74 Å². The Balaban J connectivity index is 1.65. The third-order valence-corrected chi connectivity index (χ3v) is 4.35. The van der Waals surface area contributed by atoms with E-state index < -0.39 is 0 Å². The summed E-state index contributed by atoms with van der Waals surface area (Å²) in [6.45, 7) is 6.35. The largest absolute Gasteiger partial charge is 0.497 e. The predicted molar refractivity (Wildman–Crippen MR) is 89.5 cm³/mol. The summed E-state index contributed by atoms with van der Waals surface area (Å²) in [4.78, 5) is 4.65. The highest BCUT2D eigenvalue weighted by Gasteiger charge is 2.05. The molecule has 0 amide bonds. The molecule has 0 bridgehead atoms. The quantitative estimate of drug-likeness (QED) is 0.756. The maximum Gasteiger partial charge on any atom is 0.118 e. The minimum atomic E-state index is 0.526. The third kappa shape index (κ3) is 5.14. The van der Waals surface area contributed by atoms with Gasteiger partial charge in [-0.3, -0.25) is 0 Å². The van der Waals surface area contributed by atoms with E-state index in [0.29, 0.717) is 5.92 Å². The summed E-state index contributed by atoms with van der Waals surface area (Å²) in [5.74, 6) is 1.44. The summed E-state index contributed by atoms with van der Waals surface area (Å²) < 4.78 is 5.16. The minimum Gasteiger partial charge on any atom is -0.497 e. The Bertz CT molecular complexity index is 534. The molecule has 0 aliphatic rings. The maximum absolute atomic E-state index is 5.16. The van der Waals surface area contributed by atoms with Crippen molar-refractivity contribution in [2.75, 3.05) is 20.2 Å². The van der Waals surface area contributed by atoms with Gasteiger partial charge in [-0.1, -0.05) is 26.0 Å². The van der Waals surface area contributed by atoms with Crippen molar-refractivity contribution in [2.24, 2.45) is 0 Å². The van der Waals surface area contributed by atoms with Gasteiger partial charge in [0.25, 0.3) is 0 Å². The molecule has 1 heterocycles. The number of rotatable bonds is 8. The van der Waals surface area contributed by atoms with Crippen LogP contribution in [0.1, 0.15) is 36.0 Å². The zero-order valence-corrected chi connectivity index (χ0v) is 13.9. The number of hydrogen-bond acceptors (Lipinski definition) is 4. The molecule has 114 valence electrons. The third-order valence-electron chi connectivity index (χ3n) is 3.43. The summed E-state index contributed by atoms with van der Waals surface area (Å²) >= 11 is 1.77. The molecule has 2 aromatic rings. The Hall–Kier alpha value is -1.39. The molecule has 0 spiro atoms. The van der Waals surface area contributed by atoms with E-state index in [2.05, 4.69) is 41.7 Å². The van der Waals surface area contributed by atoms with Crippen LogP contribution >= 0.6 is 11.3 Å². The molecule has 4 heteroatoms. The van der Waals surface area contributed by atoms with Gasteiger partial charge in [-0.15, -0.1) is 11.3 Å². The molecular weight excluding hydrogens is 280 g/mol. The fourth-order valence-corrected chi connectivity index (χ4v) is 3.01. The van der Waals surface area contributed by atoms with Crippen LogP contribution in [0.5, 0.6) is 5.75 Å². The van der Waals surface area contributed by atoms with Crippen molar-refractivity contribution in [2.45, 2.75) is 32.6 Å². The number of nitrogens with one attached hydrogen (secondary N) is 1. The molecule has 0 saturated carbocycles. The van der Waals surface area contributed by atoms with E-state index in [0.717, 1.165) is 31.7 Å². The van der Waals surface area contributed by atoms with Gasteiger partial charge in [0.1, 0.15) is 5.75 Å². The zero-order chi connectivity index (χ0) is 15.1. The first kappa shape index (κ1) is 16.0. The smallest absolute Gasteiger partial charge is 0.118 e. The number of nitrogens with zero attached hydrogens (tertiary/aromatic N) is 1. The summed E-state index contributed by atoms with van der Waals surface area (Å²) in [6.07, 6.45) is 2.05. The molecule has 0 saturated heterocycles. The van der Waals surface area contributed by atoms with Crippen LogP contribution < -0.4 is 10.1 Å². The summed E-state index contributed by atoms with van der Waals surface area (Å²) in [5.41, 5.74) is 2.55. The van der Waals surface area contributed by atoms with Crippen molar-refractivity contribution < 1.29 is 4.74 Å². The highest BCUT2D eigenvalue weighted by Crippen LogP contribution is 2.17. The van der Waals surface area contributed by atoms with Crippen LogP contribution in [0.3, 0.4) is 0 Å². The lowest BCUT2D eigenvalue weighted by molar-refractivity contribution is 0.414. The van der Waals surface area contributed by atoms with Crippen LogP contribution in [0.25, 0.3) is 0 Å². The lowest BCUT2D eigenvalue weighted by Crippen LogP contribution is -2.20. The molecule has 1 N–H and O–H groups in total. The molecule has 3 nitrogen and oxygen atoms in total. The van der Waals surface area contributed by atoms with Gasteiger partial charge < -0.3 is 10.1 Å². The molecule has 0 aliphatic heterocycles. The second kappa shape index (κ2) is 8.15. The Labute approximate surface area is 131 Å². The standard InChI is InChI=1S/C17H24N2OS/c1-13(2)16-12-21-17(19-16)9-11-18-10-8-14-4-6-15(20-3)7-5-14/h4-7,12-13,18H,8-11H2,1-3H3. The van der Waals surface area contributed by atoms with Crippen LogP contribution in [-0.2, 0) is 12.8 Å². The first-order valence-corrected chi connectivity index (χ1v) is 8.35. The number of ether oxygens (including phenoxy) is 1. The van der Waals surface area contributed by atoms with Gasteiger partial charge in [0.15, 0.2) is 0 Å². The molecule has 0 unspecified atom stereocenters. The number of methoxy groups -OCH3 is 1. The SMILES string of the molecule is COc1ccc(CCNCCc2nc(C(C)C)cs2)cc1. The molecule has 1 aromatic carbocycles. The first-order valence-electron chi connectivity index (χ1n) is 7.47. The molecule has 0 radical (unpaired) electrons. The van der Waals surface area contributed by atoms with Crippen molar-refractivity contribution >= 4 is 11.3 Å². The number of benzene rings is 1. The zero-order valence-electron chi connectivity index (χ0n) is 13.1. The number of hydrogen-bond donors (Lipinski definition) is 1. The van der Waals surface area contributed by atoms with Crippen LogP contribution in [-0.4, -0.2) is 25.2 Å². The molecule has 0 fully saturated rings. The Morgan fingerprint density at radius 1 is 1.14 bits per heavy atom. The minimum absolute atomic E-state index is 0.526. The van der Waals surface area contributed by atoms with Gasteiger partial charge in [0.2, 0.25) is 0 Å². The topological polar surface area (TPSA) is 34.1 Å². The number of aromatic nitrogens is 1. The van der Waals surface area contributed by atoms with Crippen molar-refractivity contribution in [1.29, 1.82) is 0 Å². The van der Waals surface area contributed by atoms with Gasteiger partial charge >= 0.3 is 0 Å². The van der Waals surface area contributed by atoms with E-state index >= 15 is 0 Å². The summed E-state index contributed by atoms with van der Waals surface area (Å²) in [5, 5.41) is 6.89. The average Bonchev–Trinajstić information content (AvgIpc) is 2.97. The highest BCUT2D eigenvalue weighted by molar-refractivity contribution is 7.09. The Morgan fingerprint density at radius 3 is 2.48 bits per heavy atom. The molecular formula is C17H24N2OS. The van der Waals surface area contributed by atoms with Crippen molar-refractivity contribution in [3.05, 3.63) is 45.9 Å². The second-order valence-corrected chi connectivity index (χ2v) is 6.36.